The van der Waals surface area contributed by atoms with Gasteiger partial charge < -0.3 is 10.4 Å². The number of rotatable bonds is 3. The van der Waals surface area contributed by atoms with E-state index in [0.29, 0.717) is 0 Å². The molecule has 2 N–H and O–H groups in total. The molecule has 1 heterocycles. The Morgan fingerprint density at radius 1 is 1.33 bits per heavy atom. The molecule has 2 rings (SSSR count). The van der Waals surface area contributed by atoms with E-state index in [4.69, 9.17) is 0 Å². The van der Waals surface area contributed by atoms with Crippen molar-refractivity contribution in [1.29, 1.82) is 0 Å². The molecule has 1 aliphatic rings. The van der Waals surface area contributed by atoms with E-state index in [2.05, 4.69) is 36.5 Å². The number of aliphatic hydroxyl groups excluding tert-OH is 1. The molecule has 15 heavy (non-hydrogen) atoms. The molecular formula is C13H19NO. The normalized spacial score (nSPS) is 25.7. The molecule has 2 heteroatoms. The van der Waals surface area contributed by atoms with Crippen LogP contribution in [0.3, 0.4) is 0 Å². The van der Waals surface area contributed by atoms with Crippen LogP contribution in [-0.2, 0) is 5.41 Å². The van der Waals surface area contributed by atoms with Gasteiger partial charge in [0.15, 0.2) is 0 Å². The van der Waals surface area contributed by atoms with Gasteiger partial charge >= 0.3 is 0 Å². The summed E-state index contributed by atoms with van der Waals surface area (Å²) in [4.78, 5) is 0. The Balaban J connectivity index is 2.28. The summed E-state index contributed by atoms with van der Waals surface area (Å²) in [6.45, 7) is 4.44. The molecule has 0 saturated carbocycles. The van der Waals surface area contributed by atoms with Crippen molar-refractivity contribution >= 4 is 0 Å². The SMILES string of the molecule is Cc1ccc(C2(CCO)CCNC2)cc1. The van der Waals surface area contributed by atoms with Gasteiger partial charge in [-0.1, -0.05) is 29.8 Å². The van der Waals surface area contributed by atoms with Crippen molar-refractivity contribution in [3.05, 3.63) is 35.4 Å². The molecule has 0 aromatic heterocycles. The van der Waals surface area contributed by atoms with Gasteiger partial charge in [0.2, 0.25) is 0 Å². The zero-order valence-corrected chi connectivity index (χ0v) is 9.29. The quantitative estimate of drug-likeness (QED) is 0.785. The third kappa shape index (κ3) is 2.06. The van der Waals surface area contributed by atoms with Crippen LogP contribution in [0.5, 0.6) is 0 Å². The average molecular weight is 205 g/mol. The largest absolute Gasteiger partial charge is 0.396 e. The summed E-state index contributed by atoms with van der Waals surface area (Å²) in [5.41, 5.74) is 2.83. The molecule has 1 aliphatic heterocycles. The maximum Gasteiger partial charge on any atom is 0.0440 e. The highest BCUT2D eigenvalue weighted by atomic mass is 16.3. The Bertz CT molecular complexity index is 312. The first-order valence-electron chi connectivity index (χ1n) is 5.66. The highest BCUT2D eigenvalue weighted by molar-refractivity contribution is 5.30. The van der Waals surface area contributed by atoms with Crippen LogP contribution in [0.15, 0.2) is 24.3 Å². The summed E-state index contributed by atoms with van der Waals surface area (Å²) in [6, 6.07) is 8.73. The van der Waals surface area contributed by atoms with E-state index in [-0.39, 0.29) is 12.0 Å². The van der Waals surface area contributed by atoms with Crippen molar-refractivity contribution in [2.45, 2.75) is 25.2 Å². The van der Waals surface area contributed by atoms with Gasteiger partial charge in [0.05, 0.1) is 0 Å². The predicted molar refractivity (Wildman–Crippen MR) is 62.0 cm³/mol. The predicted octanol–water partition coefficient (Wildman–Crippen LogP) is 1.61. The highest BCUT2D eigenvalue weighted by Gasteiger charge is 2.34. The van der Waals surface area contributed by atoms with E-state index in [0.717, 1.165) is 25.9 Å². The summed E-state index contributed by atoms with van der Waals surface area (Å²) in [5, 5.41) is 12.6. The lowest BCUT2D eigenvalue weighted by molar-refractivity contribution is 0.244. The Hall–Kier alpha value is -0.860. The van der Waals surface area contributed by atoms with Crippen LogP contribution in [0.1, 0.15) is 24.0 Å². The van der Waals surface area contributed by atoms with Crippen molar-refractivity contribution < 1.29 is 5.11 Å². The molecule has 0 amide bonds. The first-order valence-corrected chi connectivity index (χ1v) is 5.66. The molecule has 0 spiro atoms. The first kappa shape index (κ1) is 10.7. The monoisotopic (exact) mass is 205 g/mol. The molecule has 0 radical (unpaired) electrons. The lowest BCUT2D eigenvalue weighted by Crippen LogP contribution is -2.30. The molecule has 1 unspecified atom stereocenters. The van der Waals surface area contributed by atoms with Crippen LogP contribution >= 0.6 is 0 Å². The molecule has 0 bridgehead atoms. The van der Waals surface area contributed by atoms with Crippen LogP contribution < -0.4 is 5.32 Å². The van der Waals surface area contributed by atoms with Crippen LogP contribution in [0.4, 0.5) is 0 Å². The number of aliphatic hydroxyl groups is 1. The van der Waals surface area contributed by atoms with Crippen molar-refractivity contribution in [1.82, 2.24) is 5.32 Å². The summed E-state index contributed by atoms with van der Waals surface area (Å²) in [6.07, 6.45) is 2.00. The second kappa shape index (κ2) is 4.33. The fourth-order valence-electron chi connectivity index (χ4n) is 2.47. The van der Waals surface area contributed by atoms with Crippen LogP contribution in [0, 0.1) is 6.92 Å². The standard InChI is InChI=1S/C13H19NO/c1-11-2-4-12(5-3-11)13(7-9-15)6-8-14-10-13/h2-5,14-15H,6-10H2,1H3. The van der Waals surface area contributed by atoms with Gasteiger partial charge in [-0.2, -0.15) is 0 Å². The van der Waals surface area contributed by atoms with Crippen LogP contribution in [0.2, 0.25) is 0 Å². The maximum atomic E-state index is 9.18. The van der Waals surface area contributed by atoms with E-state index >= 15 is 0 Å². The first-order chi connectivity index (χ1) is 7.27. The Morgan fingerprint density at radius 3 is 2.60 bits per heavy atom. The molecule has 2 nitrogen and oxygen atoms in total. The van der Waals surface area contributed by atoms with E-state index in [1.807, 2.05) is 0 Å². The Morgan fingerprint density at radius 2 is 2.07 bits per heavy atom. The minimum absolute atomic E-state index is 0.169. The van der Waals surface area contributed by atoms with Gasteiger partial charge in [0, 0.05) is 18.6 Å². The molecule has 1 fully saturated rings. The topological polar surface area (TPSA) is 32.3 Å². The Labute approximate surface area is 91.3 Å². The van der Waals surface area contributed by atoms with Crippen molar-refractivity contribution in [3.63, 3.8) is 0 Å². The number of nitrogens with one attached hydrogen (secondary N) is 1. The van der Waals surface area contributed by atoms with Crippen molar-refractivity contribution in [2.75, 3.05) is 19.7 Å². The molecule has 1 aromatic rings. The third-order valence-electron chi connectivity index (χ3n) is 3.50. The molecule has 82 valence electrons. The molecule has 1 aromatic carbocycles. The third-order valence-corrected chi connectivity index (χ3v) is 3.50. The van der Waals surface area contributed by atoms with Crippen LogP contribution in [-0.4, -0.2) is 24.8 Å². The zero-order valence-electron chi connectivity index (χ0n) is 9.29. The van der Waals surface area contributed by atoms with Crippen molar-refractivity contribution in [3.8, 4) is 0 Å². The van der Waals surface area contributed by atoms with Gasteiger partial charge in [-0.25, -0.2) is 0 Å². The average Bonchev–Trinajstić information content (AvgIpc) is 2.69. The molecule has 1 atom stereocenters. The number of aryl methyl sites for hydroxylation is 1. The Kier molecular flexibility index (Phi) is 3.08. The summed E-state index contributed by atoms with van der Waals surface area (Å²) >= 11 is 0. The summed E-state index contributed by atoms with van der Waals surface area (Å²) in [7, 11) is 0. The van der Waals surface area contributed by atoms with Gasteiger partial charge in [0.25, 0.3) is 0 Å². The second-order valence-electron chi connectivity index (χ2n) is 4.55. The highest BCUT2D eigenvalue weighted by Crippen LogP contribution is 2.33. The molecular weight excluding hydrogens is 186 g/mol. The van der Waals surface area contributed by atoms with Crippen molar-refractivity contribution in [2.24, 2.45) is 0 Å². The summed E-state index contributed by atoms with van der Waals surface area (Å²) < 4.78 is 0. The lowest BCUT2D eigenvalue weighted by Gasteiger charge is -2.28. The lowest BCUT2D eigenvalue weighted by atomic mass is 9.77. The van der Waals surface area contributed by atoms with Crippen LogP contribution in [0.25, 0.3) is 0 Å². The maximum absolute atomic E-state index is 9.18. The van der Waals surface area contributed by atoms with Gasteiger partial charge in [-0.05, 0) is 31.9 Å². The van der Waals surface area contributed by atoms with E-state index in [1.54, 1.807) is 0 Å². The smallest absolute Gasteiger partial charge is 0.0440 e. The number of hydrogen-bond donors (Lipinski definition) is 2. The zero-order chi connectivity index (χ0) is 10.7. The fourth-order valence-corrected chi connectivity index (χ4v) is 2.47. The summed E-state index contributed by atoms with van der Waals surface area (Å²) in [5.74, 6) is 0. The van der Waals surface area contributed by atoms with Gasteiger partial charge in [-0.3, -0.25) is 0 Å². The molecule has 1 saturated heterocycles. The number of benzene rings is 1. The van der Waals surface area contributed by atoms with Gasteiger partial charge in [0.1, 0.15) is 0 Å². The fraction of sp³-hybridized carbons (Fsp3) is 0.538. The second-order valence-corrected chi connectivity index (χ2v) is 4.55. The van der Waals surface area contributed by atoms with E-state index in [9.17, 15) is 5.11 Å². The molecule has 0 aliphatic carbocycles. The van der Waals surface area contributed by atoms with E-state index < -0.39 is 0 Å². The minimum Gasteiger partial charge on any atom is -0.396 e. The van der Waals surface area contributed by atoms with E-state index in [1.165, 1.54) is 11.1 Å². The minimum atomic E-state index is 0.169. The van der Waals surface area contributed by atoms with Gasteiger partial charge in [-0.15, -0.1) is 0 Å². The number of hydrogen-bond acceptors (Lipinski definition) is 2.